The lowest BCUT2D eigenvalue weighted by Crippen LogP contribution is -2.14. The van der Waals surface area contributed by atoms with Crippen molar-refractivity contribution in [1.29, 1.82) is 0 Å². The van der Waals surface area contributed by atoms with E-state index in [4.69, 9.17) is 4.74 Å². The van der Waals surface area contributed by atoms with Crippen LogP contribution in [-0.4, -0.2) is 11.5 Å². The van der Waals surface area contributed by atoms with Gasteiger partial charge in [-0.3, -0.25) is 4.98 Å². The first kappa shape index (κ1) is 16.1. The van der Waals surface area contributed by atoms with Crippen LogP contribution in [0.25, 0.3) is 0 Å². The molecule has 2 aromatic rings. The molecule has 112 valence electrons. The summed E-state index contributed by atoms with van der Waals surface area (Å²) in [6.45, 7) is 5.21. The molecule has 0 unspecified atom stereocenters. The summed E-state index contributed by atoms with van der Waals surface area (Å²) < 4.78 is 6.77. The van der Waals surface area contributed by atoms with E-state index in [-0.39, 0.29) is 0 Å². The van der Waals surface area contributed by atoms with Crippen LogP contribution in [-0.2, 0) is 24.5 Å². The zero-order chi connectivity index (χ0) is 14.9. The van der Waals surface area contributed by atoms with E-state index in [2.05, 4.69) is 51.4 Å². The first-order chi connectivity index (χ1) is 10.3. The van der Waals surface area contributed by atoms with Crippen LogP contribution in [0.2, 0.25) is 0 Å². The molecule has 1 heterocycles. The van der Waals surface area contributed by atoms with E-state index in [0.717, 1.165) is 35.2 Å². The SMILES string of the molecule is CCCNCc1ccc(COCc2cccc(Br)c2)nc1. The predicted molar refractivity (Wildman–Crippen MR) is 88.9 cm³/mol. The quantitative estimate of drug-likeness (QED) is 0.730. The molecule has 4 heteroatoms. The van der Waals surface area contributed by atoms with Crippen LogP contribution in [0.4, 0.5) is 0 Å². The molecule has 0 aliphatic heterocycles. The summed E-state index contributed by atoms with van der Waals surface area (Å²) in [6, 6.07) is 12.3. The number of pyridine rings is 1. The molecule has 1 N–H and O–H groups in total. The van der Waals surface area contributed by atoms with Gasteiger partial charge in [-0.2, -0.15) is 0 Å². The third-order valence-electron chi connectivity index (χ3n) is 3.05. The van der Waals surface area contributed by atoms with Gasteiger partial charge in [0, 0.05) is 17.2 Å². The number of benzene rings is 1. The zero-order valence-corrected chi connectivity index (χ0v) is 13.9. The van der Waals surface area contributed by atoms with Crippen molar-refractivity contribution in [2.75, 3.05) is 6.54 Å². The molecule has 2 rings (SSSR count). The van der Waals surface area contributed by atoms with E-state index in [0.29, 0.717) is 13.2 Å². The van der Waals surface area contributed by atoms with Gasteiger partial charge in [-0.15, -0.1) is 0 Å². The van der Waals surface area contributed by atoms with Crippen molar-refractivity contribution in [3.8, 4) is 0 Å². The average Bonchev–Trinajstić information content (AvgIpc) is 2.49. The smallest absolute Gasteiger partial charge is 0.0892 e. The van der Waals surface area contributed by atoms with Crippen LogP contribution in [0.1, 0.15) is 30.2 Å². The maximum atomic E-state index is 5.70. The Hall–Kier alpha value is -1.23. The van der Waals surface area contributed by atoms with Gasteiger partial charge in [0.1, 0.15) is 0 Å². The standard InChI is InChI=1S/C17H21BrN2O/c1-2-8-19-10-15-6-7-17(20-11-15)13-21-12-14-4-3-5-16(18)9-14/h3-7,9,11,19H,2,8,10,12-13H2,1H3. The molecular formula is C17H21BrN2O. The molecular weight excluding hydrogens is 328 g/mol. The number of rotatable bonds is 8. The van der Waals surface area contributed by atoms with Gasteiger partial charge in [-0.1, -0.05) is 41.1 Å². The van der Waals surface area contributed by atoms with Gasteiger partial charge in [0.25, 0.3) is 0 Å². The number of halogens is 1. The van der Waals surface area contributed by atoms with Crippen LogP contribution in [0.15, 0.2) is 47.1 Å². The van der Waals surface area contributed by atoms with Gasteiger partial charge in [-0.05, 0) is 42.3 Å². The first-order valence-corrected chi connectivity index (χ1v) is 8.04. The highest BCUT2D eigenvalue weighted by Gasteiger charge is 1.99. The maximum Gasteiger partial charge on any atom is 0.0892 e. The highest BCUT2D eigenvalue weighted by molar-refractivity contribution is 9.10. The molecule has 0 bridgehead atoms. The number of nitrogens with zero attached hydrogens (tertiary/aromatic N) is 1. The van der Waals surface area contributed by atoms with Gasteiger partial charge in [-0.25, -0.2) is 0 Å². The third kappa shape index (κ3) is 5.96. The van der Waals surface area contributed by atoms with Crippen molar-refractivity contribution in [3.05, 3.63) is 63.9 Å². The van der Waals surface area contributed by atoms with Gasteiger partial charge >= 0.3 is 0 Å². The van der Waals surface area contributed by atoms with E-state index >= 15 is 0 Å². The first-order valence-electron chi connectivity index (χ1n) is 7.24. The summed E-state index contributed by atoms with van der Waals surface area (Å²) in [5, 5.41) is 3.37. The third-order valence-corrected chi connectivity index (χ3v) is 3.54. The van der Waals surface area contributed by atoms with Crippen LogP contribution >= 0.6 is 15.9 Å². The predicted octanol–water partition coefficient (Wildman–Crippen LogP) is 4.06. The summed E-state index contributed by atoms with van der Waals surface area (Å²) in [5.41, 5.74) is 3.33. The molecule has 1 aromatic carbocycles. The highest BCUT2D eigenvalue weighted by Crippen LogP contribution is 2.13. The number of hydrogen-bond acceptors (Lipinski definition) is 3. The largest absolute Gasteiger partial charge is 0.370 e. The minimum absolute atomic E-state index is 0.537. The summed E-state index contributed by atoms with van der Waals surface area (Å²) >= 11 is 3.46. The monoisotopic (exact) mass is 348 g/mol. The second-order valence-electron chi connectivity index (χ2n) is 4.96. The van der Waals surface area contributed by atoms with Crippen molar-refractivity contribution >= 4 is 15.9 Å². The molecule has 0 spiro atoms. The van der Waals surface area contributed by atoms with Crippen LogP contribution in [0.3, 0.4) is 0 Å². The number of ether oxygens (including phenoxy) is 1. The van der Waals surface area contributed by atoms with Crippen molar-refractivity contribution < 1.29 is 4.74 Å². The van der Waals surface area contributed by atoms with Crippen molar-refractivity contribution in [1.82, 2.24) is 10.3 Å². The molecule has 0 amide bonds. The van der Waals surface area contributed by atoms with Gasteiger partial charge in [0.2, 0.25) is 0 Å². The van der Waals surface area contributed by atoms with E-state index in [1.54, 1.807) is 0 Å². The lowest BCUT2D eigenvalue weighted by atomic mass is 10.2. The van der Waals surface area contributed by atoms with Crippen LogP contribution in [0.5, 0.6) is 0 Å². The van der Waals surface area contributed by atoms with Crippen molar-refractivity contribution in [2.45, 2.75) is 33.1 Å². The van der Waals surface area contributed by atoms with Gasteiger partial charge in [0.15, 0.2) is 0 Å². The number of hydrogen-bond donors (Lipinski definition) is 1. The fourth-order valence-corrected chi connectivity index (χ4v) is 2.40. The Balaban J connectivity index is 1.75. The zero-order valence-electron chi connectivity index (χ0n) is 12.3. The molecule has 3 nitrogen and oxygen atoms in total. The summed E-state index contributed by atoms with van der Waals surface area (Å²) in [4.78, 5) is 4.43. The lowest BCUT2D eigenvalue weighted by Gasteiger charge is -2.06. The normalized spacial score (nSPS) is 10.8. The Morgan fingerprint density at radius 3 is 2.76 bits per heavy atom. The lowest BCUT2D eigenvalue weighted by molar-refractivity contribution is 0.104. The minimum atomic E-state index is 0.537. The molecule has 0 radical (unpaired) electrons. The van der Waals surface area contributed by atoms with E-state index < -0.39 is 0 Å². The molecule has 21 heavy (non-hydrogen) atoms. The number of aromatic nitrogens is 1. The molecule has 0 saturated carbocycles. The summed E-state index contributed by atoms with van der Waals surface area (Å²) in [7, 11) is 0. The fraction of sp³-hybridized carbons (Fsp3) is 0.353. The van der Waals surface area contributed by atoms with E-state index in [1.165, 1.54) is 5.56 Å². The molecule has 0 fully saturated rings. The topological polar surface area (TPSA) is 34.1 Å². The van der Waals surface area contributed by atoms with Crippen LogP contribution < -0.4 is 5.32 Å². The molecule has 0 saturated heterocycles. The van der Waals surface area contributed by atoms with E-state index in [1.807, 2.05) is 24.4 Å². The Labute approximate surface area is 134 Å². The van der Waals surface area contributed by atoms with E-state index in [9.17, 15) is 0 Å². The molecule has 0 atom stereocenters. The maximum absolute atomic E-state index is 5.70. The van der Waals surface area contributed by atoms with Gasteiger partial charge in [0.05, 0.1) is 18.9 Å². The Morgan fingerprint density at radius 1 is 1.14 bits per heavy atom. The molecule has 0 aliphatic rings. The second-order valence-corrected chi connectivity index (χ2v) is 5.87. The fourth-order valence-electron chi connectivity index (χ4n) is 1.95. The van der Waals surface area contributed by atoms with Gasteiger partial charge < -0.3 is 10.1 Å². The van der Waals surface area contributed by atoms with Crippen molar-refractivity contribution in [2.24, 2.45) is 0 Å². The second kappa shape index (κ2) is 8.93. The minimum Gasteiger partial charge on any atom is -0.370 e. The average molecular weight is 349 g/mol. The highest BCUT2D eigenvalue weighted by atomic mass is 79.9. The summed E-state index contributed by atoms with van der Waals surface area (Å²) in [5.74, 6) is 0. The Morgan fingerprint density at radius 2 is 2.05 bits per heavy atom. The van der Waals surface area contributed by atoms with Crippen molar-refractivity contribution in [3.63, 3.8) is 0 Å². The number of nitrogens with one attached hydrogen (secondary N) is 1. The Bertz CT molecular complexity index is 543. The Kier molecular flexibility index (Phi) is 6.86. The van der Waals surface area contributed by atoms with Crippen LogP contribution in [0, 0.1) is 0 Å². The molecule has 1 aromatic heterocycles. The summed E-state index contributed by atoms with van der Waals surface area (Å²) in [6.07, 6.45) is 3.06. The molecule has 0 aliphatic carbocycles.